The predicted octanol–water partition coefficient (Wildman–Crippen LogP) is 5.26. The first-order valence-electron chi connectivity index (χ1n) is 30.0. The van der Waals surface area contributed by atoms with Gasteiger partial charge in [-0.05, 0) is 101 Å². The lowest BCUT2D eigenvalue weighted by Gasteiger charge is -2.42. The zero-order valence-electron chi connectivity index (χ0n) is 50.9. The van der Waals surface area contributed by atoms with E-state index in [9.17, 15) is 43.8 Å². The number of nitrogens with two attached hydrogens (primary N) is 1. The molecule has 22 nitrogen and oxygen atoms in total. The summed E-state index contributed by atoms with van der Waals surface area (Å²) < 4.78 is 35.6. The van der Waals surface area contributed by atoms with Crippen molar-refractivity contribution in [3.8, 4) is 0 Å². The highest BCUT2D eigenvalue weighted by molar-refractivity contribution is 6.39. The zero-order valence-corrected chi connectivity index (χ0v) is 50.9. The Morgan fingerprint density at radius 2 is 1.56 bits per heavy atom. The highest BCUT2D eigenvalue weighted by atomic mass is 16.6. The number of Topliss-reactive ketones (excluding diaryl/α,β-unsaturated/α-hetero) is 3. The van der Waals surface area contributed by atoms with Gasteiger partial charge in [0, 0.05) is 122 Å². The molecule has 466 valence electrons. The van der Waals surface area contributed by atoms with Crippen molar-refractivity contribution in [2.75, 3.05) is 59.0 Å². The molecule has 1 aromatic heterocycles. The molecule has 15 atom stereocenters. The second kappa shape index (κ2) is 31.6. The number of fused-ring (bicyclic) bond motifs is 3. The number of ether oxygens (including phenoxy) is 6. The molecule has 4 aliphatic heterocycles. The van der Waals surface area contributed by atoms with E-state index in [1.807, 2.05) is 49.1 Å². The molecule has 0 aromatic carbocycles. The van der Waals surface area contributed by atoms with Gasteiger partial charge in [0.15, 0.2) is 5.78 Å². The van der Waals surface area contributed by atoms with Gasteiger partial charge in [0.05, 0.1) is 18.3 Å². The van der Waals surface area contributed by atoms with Crippen LogP contribution in [0.5, 0.6) is 0 Å². The van der Waals surface area contributed by atoms with Crippen LogP contribution in [0.25, 0.3) is 0 Å². The summed E-state index contributed by atoms with van der Waals surface area (Å²) in [6.07, 6.45) is 11.6. The average molecular weight is 1180 g/mol. The fourth-order valence-corrected chi connectivity index (χ4v) is 12.2. The third-order valence-electron chi connectivity index (χ3n) is 17.6. The number of methoxy groups -OCH3 is 3. The Labute approximate surface area is 495 Å². The molecule has 0 spiro atoms. The number of aliphatic hydroxyl groups is 2. The number of hydrogen-bond acceptors (Lipinski definition) is 19. The van der Waals surface area contributed by atoms with Crippen LogP contribution in [-0.4, -0.2) is 186 Å². The number of esters is 1. The summed E-state index contributed by atoms with van der Waals surface area (Å²) in [4.78, 5) is 110. The standard InChI is InChI=1S/C62H93N7O15/c1-37-16-12-11-13-17-38(2)51(79-8)32-46-21-19-42(6)62(78,84-46)57(74)58(75)69-23-15-14-18-48(69)59(76)82-52(33-49(71)39(3)29-41(5)55(73)56(81-10)54(72)40(4)28-37)47(63)30-44-20-22-50(53(31-44)80-9)83-61(77)66-36-45-34-64-60(65-35-45)68-26-24-67(25-27-68)43(7)70/h11-13,16-17,29,34-35,37,39-40,42,44,46-48,50-53,55-56,73,78H,14-15,18-28,30-33,36,63H2,1-10H3,(H,66,77)/b13-11?,16-12+,38-17?,41-29+/t37-,39-,40-,42-,44+,46+,47-,48+,50-,51+,52+,53-,55-,56+,62-/m1/s1. The summed E-state index contributed by atoms with van der Waals surface area (Å²) in [5, 5.41) is 26.4. The molecule has 0 unspecified atom stereocenters. The molecule has 3 saturated heterocycles. The number of rotatable bonds is 10. The van der Waals surface area contributed by atoms with E-state index in [0.717, 1.165) is 10.5 Å². The predicted molar refractivity (Wildman–Crippen MR) is 312 cm³/mol. The molecular formula is C62H93N7O15. The van der Waals surface area contributed by atoms with E-state index in [-0.39, 0.29) is 68.1 Å². The number of ketones is 3. The van der Waals surface area contributed by atoms with Crippen LogP contribution in [0.2, 0.25) is 0 Å². The number of carbonyl (C=O) groups is 7. The number of aliphatic hydroxyl groups excluding tert-OH is 1. The van der Waals surface area contributed by atoms with Crippen LogP contribution in [0.15, 0.2) is 60.0 Å². The van der Waals surface area contributed by atoms with E-state index in [4.69, 9.17) is 34.2 Å². The molecule has 4 fully saturated rings. The average Bonchev–Trinajstić information content (AvgIpc) is 1.91. The van der Waals surface area contributed by atoms with Crippen LogP contribution in [0.1, 0.15) is 131 Å². The first kappa shape index (κ1) is 67.4. The zero-order chi connectivity index (χ0) is 61.4. The Morgan fingerprint density at radius 1 is 0.845 bits per heavy atom. The van der Waals surface area contributed by atoms with Crippen LogP contribution in [0, 0.1) is 29.6 Å². The van der Waals surface area contributed by atoms with E-state index in [2.05, 4.69) is 15.3 Å². The van der Waals surface area contributed by atoms with Crippen molar-refractivity contribution in [3.63, 3.8) is 0 Å². The summed E-state index contributed by atoms with van der Waals surface area (Å²) >= 11 is 0. The van der Waals surface area contributed by atoms with Gasteiger partial charge < -0.3 is 64.4 Å². The van der Waals surface area contributed by atoms with Crippen molar-refractivity contribution in [2.45, 2.75) is 193 Å². The quantitative estimate of drug-likeness (QED) is 0.132. The molecule has 5 N–H and O–H groups in total. The highest BCUT2D eigenvalue weighted by Gasteiger charge is 2.53. The number of hydrogen-bond donors (Lipinski definition) is 4. The van der Waals surface area contributed by atoms with Crippen molar-refractivity contribution in [1.82, 2.24) is 25.1 Å². The van der Waals surface area contributed by atoms with Gasteiger partial charge in [0.1, 0.15) is 36.2 Å². The van der Waals surface area contributed by atoms with Gasteiger partial charge in [-0.2, -0.15) is 0 Å². The molecule has 5 heterocycles. The molecule has 0 radical (unpaired) electrons. The molecule has 6 rings (SSSR count). The number of anilines is 1. The molecule has 5 aliphatic rings. The van der Waals surface area contributed by atoms with Gasteiger partial charge in [-0.1, -0.05) is 64.2 Å². The summed E-state index contributed by atoms with van der Waals surface area (Å²) in [5.74, 6) is -8.02. The Balaban J connectivity index is 1.19. The van der Waals surface area contributed by atoms with Crippen molar-refractivity contribution >= 4 is 47.2 Å². The van der Waals surface area contributed by atoms with Crippen LogP contribution < -0.4 is 16.0 Å². The van der Waals surface area contributed by atoms with Gasteiger partial charge in [-0.25, -0.2) is 19.6 Å². The largest absolute Gasteiger partial charge is 0.459 e. The minimum Gasteiger partial charge on any atom is -0.459 e. The third kappa shape index (κ3) is 17.9. The van der Waals surface area contributed by atoms with Gasteiger partial charge in [0.25, 0.3) is 11.7 Å². The van der Waals surface area contributed by atoms with E-state index < -0.39 is 102 Å². The van der Waals surface area contributed by atoms with Crippen LogP contribution in [0.3, 0.4) is 0 Å². The smallest absolute Gasteiger partial charge is 0.407 e. The van der Waals surface area contributed by atoms with Gasteiger partial charge in [-0.15, -0.1) is 0 Å². The SMILES string of the molecule is CO[C@H]1C[C@@H]2CC[C@@H](C)[C@@](O)(O2)C(=O)C(=O)N2CCCC[C@H]2C(=O)O[C@H]([C@H](N)C[C@@H]2CC[C@@H](OC(=O)NCc3cnc(N4CCN(C(C)=O)CC4)nc3)[C@H](OC)C2)CC(=O)[C@H](C)/C=C(\C)[C@@H](O)[C@@H](OC)C(=O)[C@H](C)C[C@H](C)/C=C/C=CC=C1C. The Kier molecular flexibility index (Phi) is 25.3. The van der Waals surface area contributed by atoms with Gasteiger partial charge in [-0.3, -0.25) is 24.0 Å². The van der Waals surface area contributed by atoms with Gasteiger partial charge in [0.2, 0.25) is 17.6 Å². The normalized spacial score (nSPS) is 33.9. The van der Waals surface area contributed by atoms with Crippen molar-refractivity contribution in [3.05, 3.63) is 65.6 Å². The molecule has 1 aromatic rings. The summed E-state index contributed by atoms with van der Waals surface area (Å²) in [7, 11) is 4.44. The number of allylic oxidation sites excluding steroid dienone is 6. The number of amides is 3. The number of aromatic nitrogens is 2. The maximum absolute atomic E-state index is 14.6. The summed E-state index contributed by atoms with van der Waals surface area (Å²) in [5.41, 5.74) is 8.86. The van der Waals surface area contributed by atoms with E-state index in [1.54, 1.807) is 65.1 Å². The number of piperazine rings is 1. The van der Waals surface area contributed by atoms with Crippen LogP contribution >= 0.6 is 0 Å². The Hall–Kier alpha value is -5.75. The number of alkyl carbamates (subject to hydrolysis) is 1. The lowest BCUT2D eigenvalue weighted by Crippen LogP contribution is -2.61. The third-order valence-corrected chi connectivity index (χ3v) is 17.6. The molecule has 2 bridgehead atoms. The van der Waals surface area contributed by atoms with E-state index in [1.165, 1.54) is 14.2 Å². The summed E-state index contributed by atoms with van der Waals surface area (Å²) in [6, 6.07) is -2.19. The topological polar surface area (TPSA) is 289 Å². The maximum atomic E-state index is 14.6. The minimum absolute atomic E-state index is 0.0183. The van der Waals surface area contributed by atoms with Crippen LogP contribution in [-0.2, 0) is 63.7 Å². The molecule has 1 saturated carbocycles. The van der Waals surface area contributed by atoms with Gasteiger partial charge >= 0.3 is 12.1 Å². The number of piperidine rings is 1. The Bertz CT molecular complexity index is 2550. The molecule has 22 heteroatoms. The number of nitrogens with zero attached hydrogens (tertiary/aromatic N) is 5. The van der Waals surface area contributed by atoms with Crippen molar-refractivity contribution in [1.29, 1.82) is 0 Å². The van der Waals surface area contributed by atoms with E-state index >= 15 is 0 Å². The first-order valence-corrected chi connectivity index (χ1v) is 30.0. The second-order valence-electron chi connectivity index (χ2n) is 23.9. The fourth-order valence-electron chi connectivity index (χ4n) is 12.2. The molecular weight excluding hydrogens is 1080 g/mol. The number of carbonyl (C=O) groups excluding carboxylic acids is 7. The molecule has 3 amide bonds. The lowest BCUT2D eigenvalue weighted by molar-refractivity contribution is -0.265. The highest BCUT2D eigenvalue weighted by Crippen LogP contribution is 2.38. The number of nitrogens with one attached hydrogen (secondary N) is 1. The fraction of sp³-hybridized carbons (Fsp3) is 0.694. The molecule has 84 heavy (non-hydrogen) atoms. The first-order chi connectivity index (χ1) is 40.0. The van der Waals surface area contributed by atoms with Crippen molar-refractivity contribution in [2.24, 2.45) is 35.3 Å². The Morgan fingerprint density at radius 3 is 2.23 bits per heavy atom. The molecule has 1 aliphatic carbocycles. The lowest BCUT2D eigenvalue weighted by atomic mass is 9.80. The van der Waals surface area contributed by atoms with E-state index in [0.29, 0.717) is 94.6 Å². The minimum atomic E-state index is -2.49. The van der Waals surface area contributed by atoms with Crippen LogP contribution in [0.4, 0.5) is 10.7 Å². The maximum Gasteiger partial charge on any atom is 0.407 e. The number of cyclic esters (lactones) is 1. The van der Waals surface area contributed by atoms with Crippen molar-refractivity contribution < 1.29 is 72.2 Å². The second-order valence-corrected chi connectivity index (χ2v) is 23.9. The monoisotopic (exact) mass is 1180 g/mol. The summed E-state index contributed by atoms with van der Waals surface area (Å²) in [6.45, 7) is 14.7.